The molecule has 0 aliphatic rings. The van der Waals surface area contributed by atoms with Gasteiger partial charge in [-0.05, 0) is 30.2 Å². The first kappa shape index (κ1) is 21.2. The molecule has 0 aliphatic carbocycles. The third-order valence-electron chi connectivity index (χ3n) is 4.20. The Bertz CT molecular complexity index is 796. The second-order valence-electron chi connectivity index (χ2n) is 6.49. The highest BCUT2D eigenvalue weighted by molar-refractivity contribution is 6.03. The maximum Gasteiger partial charge on any atom is 0.267 e. The van der Waals surface area contributed by atoms with Gasteiger partial charge in [0, 0.05) is 12.1 Å². The van der Waals surface area contributed by atoms with Crippen LogP contribution < -0.4 is 10.6 Å². The van der Waals surface area contributed by atoms with E-state index in [0.717, 1.165) is 31.2 Å². The van der Waals surface area contributed by atoms with E-state index in [-0.39, 0.29) is 17.5 Å². The fraction of sp³-hybridized carbons (Fsp3) is 0.250. The van der Waals surface area contributed by atoms with Crippen molar-refractivity contribution < 1.29 is 9.59 Å². The van der Waals surface area contributed by atoms with E-state index in [9.17, 15) is 9.59 Å². The van der Waals surface area contributed by atoms with Crippen molar-refractivity contribution >= 4 is 17.9 Å². The Morgan fingerprint density at radius 3 is 2.25 bits per heavy atom. The molecule has 2 amide bonds. The van der Waals surface area contributed by atoms with Crippen LogP contribution in [0.15, 0.2) is 78.5 Å². The van der Waals surface area contributed by atoms with E-state index >= 15 is 0 Å². The number of carbonyl (C=O) groups is 2. The van der Waals surface area contributed by atoms with E-state index in [0.29, 0.717) is 12.1 Å². The third-order valence-corrected chi connectivity index (χ3v) is 4.20. The Labute approximate surface area is 167 Å². The fourth-order valence-corrected chi connectivity index (χ4v) is 2.63. The van der Waals surface area contributed by atoms with E-state index in [1.165, 1.54) is 0 Å². The molecular weight excluding hydrogens is 348 g/mol. The molecule has 2 aromatic rings. The van der Waals surface area contributed by atoms with Crippen LogP contribution in [0.4, 0.5) is 0 Å². The molecule has 0 radical (unpaired) electrons. The van der Waals surface area contributed by atoms with Gasteiger partial charge in [0.25, 0.3) is 11.8 Å². The molecule has 0 unspecified atom stereocenters. The van der Waals surface area contributed by atoms with Gasteiger partial charge in [-0.1, -0.05) is 86.9 Å². The molecule has 0 atom stereocenters. The van der Waals surface area contributed by atoms with Gasteiger partial charge in [0.15, 0.2) is 0 Å². The van der Waals surface area contributed by atoms with Gasteiger partial charge in [0.1, 0.15) is 5.70 Å². The number of nitrogens with one attached hydrogen (secondary N) is 2. The van der Waals surface area contributed by atoms with Crippen LogP contribution in [0, 0.1) is 0 Å². The number of benzene rings is 2. The minimum Gasteiger partial charge on any atom is -0.351 e. The van der Waals surface area contributed by atoms with Crippen molar-refractivity contribution in [3.05, 3.63) is 89.6 Å². The number of hydrogen-bond donors (Lipinski definition) is 2. The van der Waals surface area contributed by atoms with Gasteiger partial charge in [-0.25, -0.2) is 0 Å². The molecule has 0 aromatic heterocycles. The number of hydrogen-bond acceptors (Lipinski definition) is 2. The summed E-state index contributed by atoms with van der Waals surface area (Å²) in [6, 6.07) is 18.7. The zero-order chi connectivity index (χ0) is 20.0. The van der Waals surface area contributed by atoms with Crippen molar-refractivity contribution in [3.63, 3.8) is 0 Å². The average molecular weight is 377 g/mol. The topological polar surface area (TPSA) is 58.2 Å². The molecule has 2 aromatic carbocycles. The highest BCUT2D eigenvalue weighted by Crippen LogP contribution is 2.04. The Morgan fingerprint density at radius 1 is 0.893 bits per heavy atom. The molecule has 28 heavy (non-hydrogen) atoms. The lowest BCUT2D eigenvalue weighted by molar-refractivity contribution is -0.117. The molecule has 4 heteroatoms. The van der Waals surface area contributed by atoms with Crippen LogP contribution in [0.2, 0.25) is 0 Å². The largest absolute Gasteiger partial charge is 0.351 e. The second-order valence-corrected chi connectivity index (χ2v) is 6.49. The van der Waals surface area contributed by atoms with Crippen LogP contribution in [0.3, 0.4) is 0 Å². The fourth-order valence-electron chi connectivity index (χ4n) is 2.63. The van der Waals surface area contributed by atoms with Crippen LogP contribution in [-0.4, -0.2) is 18.4 Å². The standard InChI is InChI=1S/C24H28N2O2/c1-2-3-4-11-19-25-24(28)22(18-12-15-20-13-7-5-8-14-20)26-23(27)21-16-9-6-10-17-21/h5-10,12-18H,2-4,11,19H2,1H3,(H,25,28)(H,26,27)/b15-12-,22-18+. The number of rotatable bonds is 10. The SMILES string of the molecule is CCCCCCNC(=O)/C(=C\C=C/c1ccccc1)NC(=O)c1ccccc1. The maximum absolute atomic E-state index is 12.6. The quantitative estimate of drug-likeness (QED) is 0.358. The summed E-state index contributed by atoms with van der Waals surface area (Å²) in [5.74, 6) is -0.584. The average Bonchev–Trinajstić information content (AvgIpc) is 2.74. The smallest absolute Gasteiger partial charge is 0.267 e. The summed E-state index contributed by atoms with van der Waals surface area (Å²) < 4.78 is 0. The molecule has 2 rings (SSSR count). The van der Waals surface area contributed by atoms with Crippen molar-refractivity contribution in [1.82, 2.24) is 10.6 Å². The van der Waals surface area contributed by atoms with Crippen molar-refractivity contribution in [2.24, 2.45) is 0 Å². The summed E-state index contributed by atoms with van der Waals surface area (Å²) in [6.45, 7) is 2.75. The summed E-state index contributed by atoms with van der Waals surface area (Å²) in [7, 11) is 0. The van der Waals surface area contributed by atoms with Crippen molar-refractivity contribution in [1.29, 1.82) is 0 Å². The number of carbonyl (C=O) groups excluding carboxylic acids is 2. The zero-order valence-corrected chi connectivity index (χ0v) is 16.4. The monoisotopic (exact) mass is 376 g/mol. The highest BCUT2D eigenvalue weighted by Gasteiger charge is 2.13. The van der Waals surface area contributed by atoms with E-state index < -0.39 is 0 Å². The van der Waals surface area contributed by atoms with Crippen LogP contribution in [0.25, 0.3) is 6.08 Å². The van der Waals surface area contributed by atoms with Gasteiger partial charge in [-0.15, -0.1) is 0 Å². The van der Waals surface area contributed by atoms with Crippen molar-refractivity contribution in [3.8, 4) is 0 Å². The van der Waals surface area contributed by atoms with Crippen LogP contribution in [0.1, 0.15) is 48.5 Å². The summed E-state index contributed by atoms with van der Waals surface area (Å²) in [5.41, 5.74) is 1.76. The molecule has 0 heterocycles. The summed E-state index contributed by atoms with van der Waals surface area (Å²) in [6.07, 6.45) is 9.62. The number of unbranched alkanes of at least 4 members (excludes halogenated alkanes) is 3. The second kappa shape index (κ2) is 12.3. The first-order chi connectivity index (χ1) is 13.7. The van der Waals surface area contributed by atoms with E-state index in [2.05, 4.69) is 17.6 Å². The maximum atomic E-state index is 12.6. The summed E-state index contributed by atoms with van der Waals surface area (Å²) >= 11 is 0. The van der Waals surface area contributed by atoms with E-state index in [4.69, 9.17) is 0 Å². The molecule has 0 aliphatic heterocycles. The number of amides is 2. The lowest BCUT2D eigenvalue weighted by Crippen LogP contribution is -2.35. The molecule has 0 bridgehead atoms. The highest BCUT2D eigenvalue weighted by atomic mass is 16.2. The Balaban J connectivity index is 2.05. The predicted molar refractivity (Wildman–Crippen MR) is 115 cm³/mol. The Hall–Kier alpha value is -3.14. The first-order valence-electron chi connectivity index (χ1n) is 9.78. The molecule has 4 nitrogen and oxygen atoms in total. The summed E-state index contributed by atoms with van der Waals surface area (Å²) in [4.78, 5) is 25.0. The molecule has 0 spiro atoms. The van der Waals surface area contributed by atoms with Gasteiger partial charge in [-0.3, -0.25) is 9.59 Å². The van der Waals surface area contributed by atoms with Crippen molar-refractivity contribution in [2.45, 2.75) is 32.6 Å². The summed E-state index contributed by atoms with van der Waals surface area (Å²) in [5, 5.41) is 5.62. The Morgan fingerprint density at radius 2 is 1.57 bits per heavy atom. The Kier molecular flexibility index (Phi) is 9.28. The molecule has 2 N–H and O–H groups in total. The predicted octanol–water partition coefficient (Wildman–Crippen LogP) is 4.71. The number of allylic oxidation sites excluding steroid dienone is 2. The van der Waals surface area contributed by atoms with Crippen LogP contribution >= 0.6 is 0 Å². The normalized spacial score (nSPS) is 11.4. The van der Waals surface area contributed by atoms with Gasteiger partial charge in [-0.2, -0.15) is 0 Å². The van der Waals surface area contributed by atoms with E-state index in [1.54, 1.807) is 36.4 Å². The lowest BCUT2D eigenvalue weighted by Gasteiger charge is -2.10. The third kappa shape index (κ3) is 7.62. The van der Waals surface area contributed by atoms with Crippen LogP contribution in [-0.2, 0) is 4.79 Å². The molecule has 146 valence electrons. The molecule has 0 fully saturated rings. The minimum absolute atomic E-state index is 0.233. The van der Waals surface area contributed by atoms with Crippen LogP contribution in [0.5, 0.6) is 0 Å². The van der Waals surface area contributed by atoms with Gasteiger partial charge >= 0.3 is 0 Å². The minimum atomic E-state index is -0.305. The lowest BCUT2D eigenvalue weighted by atomic mass is 10.2. The molecule has 0 saturated carbocycles. The van der Waals surface area contributed by atoms with Gasteiger partial charge in [0.2, 0.25) is 0 Å². The first-order valence-corrected chi connectivity index (χ1v) is 9.78. The van der Waals surface area contributed by atoms with Gasteiger partial charge < -0.3 is 10.6 Å². The van der Waals surface area contributed by atoms with Gasteiger partial charge in [0.05, 0.1) is 0 Å². The van der Waals surface area contributed by atoms with Crippen molar-refractivity contribution in [2.75, 3.05) is 6.54 Å². The van der Waals surface area contributed by atoms with E-state index in [1.807, 2.05) is 42.5 Å². The molecule has 0 saturated heterocycles. The zero-order valence-electron chi connectivity index (χ0n) is 16.4. The molecular formula is C24H28N2O2.